The van der Waals surface area contributed by atoms with Crippen LogP contribution in [0.25, 0.3) is 0 Å². The lowest BCUT2D eigenvalue weighted by molar-refractivity contribution is -0.137. The lowest BCUT2D eigenvalue weighted by Gasteiger charge is -2.15. The fourth-order valence-corrected chi connectivity index (χ4v) is 2.96. The maximum absolute atomic E-state index is 12.8. The number of hydrogen-bond acceptors (Lipinski definition) is 5. The van der Waals surface area contributed by atoms with E-state index in [-0.39, 0.29) is 25.0 Å². The molecule has 2 N–H and O–H groups in total. The molecule has 138 valence electrons. The number of carbonyl (C=O) groups is 1. The number of alkyl halides is 3. The van der Waals surface area contributed by atoms with Crippen molar-refractivity contribution in [3.63, 3.8) is 0 Å². The zero-order chi connectivity index (χ0) is 17.8. The van der Waals surface area contributed by atoms with Gasteiger partial charge in [-0.25, -0.2) is 17.9 Å². The molecule has 6 nitrogen and oxygen atoms in total. The smallest absolute Gasteiger partial charge is 0.416 e. The van der Waals surface area contributed by atoms with E-state index in [4.69, 9.17) is 0 Å². The molecule has 0 aliphatic heterocycles. The van der Waals surface area contributed by atoms with Gasteiger partial charge in [0.15, 0.2) is 0 Å². The zero-order valence-electron chi connectivity index (χ0n) is 13.1. The minimum atomic E-state index is -4.74. The number of benzene rings is 1. The predicted molar refractivity (Wildman–Crippen MR) is 83.7 cm³/mol. The van der Waals surface area contributed by atoms with Crippen molar-refractivity contribution in [3.8, 4) is 0 Å². The van der Waals surface area contributed by atoms with Crippen LogP contribution in [0.3, 0.4) is 0 Å². The van der Waals surface area contributed by atoms with Gasteiger partial charge in [0, 0.05) is 12.6 Å². The van der Waals surface area contributed by atoms with Crippen molar-refractivity contribution in [1.29, 1.82) is 0 Å². The van der Waals surface area contributed by atoms with Crippen molar-refractivity contribution in [3.05, 3.63) is 29.3 Å². The van der Waals surface area contributed by atoms with Crippen LogP contribution in [0.1, 0.15) is 22.8 Å². The zero-order valence-corrected chi connectivity index (χ0v) is 14.7. The second kappa shape index (κ2) is 8.65. The number of sulfonamides is 1. The third kappa shape index (κ3) is 5.62. The highest BCUT2D eigenvalue weighted by atomic mass is 35.5. The van der Waals surface area contributed by atoms with Gasteiger partial charge in [0.2, 0.25) is 10.0 Å². The second-order valence-corrected chi connectivity index (χ2v) is 6.48. The predicted octanol–water partition coefficient (Wildman–Crippen LogP) is 1.80. The van der Waals surface area contributed by atoms with Gasteiger partial charge in [0.1, 0.15) is 0 Å². The molecule has 0 aliphatic carbocycles. The van der Waals surface area contributed by atoms with Gasteiger partial charge in [0.05, 0.1) is 23.1 Å². The molecule has 1 unspecified atom stereocenters. The first-order valence-electron chi connectivity index (χ1n) is 6.49. The summed E-state index contributed by atoms with van der Waals surface area (Å²) < 4.78 is 69.5. The lowest BCUT2D eigenvalue weighted by Crippen LogP contribution is -2.37. The summed E-state index contributed by atoms with van der Waals surface area (Å²) in [6.07, 6.45) is -4.74. The SMILES string of the molecule is CNC(C)CNS(=O)(=O)c1cc(C(F)(F)F)ccc1C(=O)OC.Cl. The van der Waals surface area contributed by atoms with Crippen molar-refractivity contribution in [2.45, 2.75) is 24.0 Å². The van der Waals surface area contributed by atoms with Gasteiger partial charge in [0.25, 0.3) is 0 Å². The standard InChI is InChI=1S/C13H17F3N2O4S.ClH/c1-8(17-2)7-18-23(20,21)11-6-9(13(14,15)16)4-5-10(11)12(19)22-3;/h4-6,8,17-18H,7H2,1-3H3;1H. The van der Waals surface area contributed by atoms with Crippen LogP contribution >= 0.6 is 12.4 Å². The highest BCUT2D eigenvalue weighted by Crippen LogP contribution is 2.32. The largest absolute Gasteiger partial charge is 0.465 e. The van der Waals surface area contributed by atoms with E-state index < -0.39 is 38.2 Å². The molecular formula is C13H18ClF3N2O4S. The van der Waals surface area contributed by atoms with Crippen LogP contribution in [0.2, 0.25) is 0 Å². The monoisotopic (exact) mass is 390 g/mol. The highest BCUT2D eigenvalue weighted by Gasteiger charge is 2.34. The van der Waals surface area contributed by atoms with Gasteiger partial charge >= 0.3 is 12.1 Å². The van der Waals surface area contributed by atoms with Gasteiger partial charge in [-0.15, -0.1) is 12.4 Å². The average molecular weight is 391 g/mol. The van der Waals surface area contributed by atoms with Crippen LogP contribution in [-0.2, 0) is 20.9 Å². The Hall–Kier alpha value is -1.36. The van der Waals surface area contributed by atoms with Crippen LogP contribution in [0.15, 0.2) is 23.1 Å². The molecule has 0 heterocycles. The second-order valence-electron chi connectivity index (χ2n) is 4.74. The Labute approximate surface area is 144 Å². The number of halogens is 4. The van der Waals surface area contributed by atoms with Gasteiger partial charge in [-0.3, -0.25) is 0 Å². The number of rotatable bonds is 6. The Morgan fingerprint density at radius 3 is 2.38 bits per heavy atom. The first kappa shape index (κ1) is 22.6. The van der Waals surface area contributed by atoms with Gasteiger partial charge in [-0.2, -0.15) is 13.2 Å². The number of carbonyl (C=O) groups excluding carboxylic acids is 1. The molecule has 1 aromatic carbocycles. The average Bonchev–Trinajstić information content (AvgIpc) is 2.50. The molecular weight excluding hydrogens is 373 g/mol. The summed E-state index contributed by atoms with van der Waals surface area (Å²) in [7, 11) is -1.72. The third-order valence-corrected chi connectivity index (χ3v) is 4.54. The van der Waals surface area contributed by atoms with E-state index in [0.29, 0.717) is 12.1 Å². The Bertz CT molecular complexity index is 680. The molecule has 24 heavy (non-hydrogen) atoms. The van der Waals surface area contributed by atoms with Gasteiger partial charge < -0.3 is 10.1 Å². The summed E-state index contributed by atoms with van der Waals surface area (Å²) in [6.45, 7) is 1.62. The summed E-state index contributed by atoms with van der Waals surface area (Å²) in [5, 5.41) is 2.77. The normalized spacial score (nSPS) is 13.1. The molecule has 1 aromatic rings. The number of hydrogen-bond donors (Lipinski definition) is 2. The molecule has 0 aliphatic rings. The summed E-state index contributed by atoms with van der Waals surface area (Å²) >= 11 is 0. The molecule has 0 fully saturated rings. The Morgan fingerprint density at radius 1 is 1.33 bits per heavy atom. The summed E-state index contributed by atoms with van der Waals surface area (Å²) in [5.74, 6) is -1.04. The molecule has 0 bridgehead atoms. The molecule has 0 aromatic heterocycles. The highest BCUT2D eigenvalue weighted by molar-refractivity contribution is 7.89. The quantitative estimate of drug-likeness (QED) is 0.723. The Morgan fingerprint density at radius 2 is 1.92 bits per heavy atom. The van der Waals surface area contributed by atoms with E-state index in [0.717, 1.165) is 13.2 Å². The summed E-state index contributed by atoms with van der Waals surface area (Å²) in [6, 6.07) is 1.57. The first-order chi connectivity index (χ1) is 10.5. The maximum Gasteiger partial charge on any atom is 0.416 e. The summed E-state index contributed by atoms with van der Waals surface area (Å²) in [5.41, 5.74) is -1.64. The lowest BCUT2D eigenvalue weighted by atomic mass is 10.1. The van der Waals surface area contributed by atoms with Crippen LogP contribution in [-0.4, -0.2) is 41.1 Å². The van der Waals surface area contributed by atoms with Crippen LogP contribution in [0.4, 0.5) is 13.2 Å². The van der Waals surface area contributed by atoms with Crippen molar-refractivity contribution in [1.82, 2.24) is 10.0 Å². The molecule has 0 spiro atoms. The summed E-state index contributed by atoms with van der Waals surface area (Å²) in [4.78, 5) is 10.9. The van der Waals surface area contributed by atoms with E-state index in [1.807, 2.05) is 0 Å². The molecule has 0 amide bonds. The number of nitrogens with one attached hydrogen (secondary N) is 2. The van der Waals surface area contributed by atoms with Crippen molar-refractivity contribution in [2.75, 3.05) is 20.7 Å². The van der Waals surface area contributed by atoms with Crippen LogP contribution < -0.4 is 10.0 Å². The molecule has 0 radical (unpaired) electrons. The van der Waals surface area contributed by atoms with E-state index in [1.165, 1.54) is 0 Å². The molecule has 0 saturated carbocycles. The van der Waals surface area contributed by atoms with Gasteiger partial charge in [-0.1, -0.05) is 0 Å². The van der Waals surface area contributed by atoms with E-state index in [2.05, 4.69) is 14.8 Å². The Kier molecular flexibility index (Phi) is 8.16. The van der Waals surface area contributed by atoms with Crippen molar-refractivity contribution >= 4 is 28.4 Å². The topological polar surface area (TPSA) is 84.5 Å². The molecule has 0 saturated heterocycles. The molecule has 1 atom stereocenters. The minimum absolute atomic E-state index is 0. The maximum atomic E-state index is 12.8. The van der Waals surface area contributed by atoms with Crippen LogP contribution in [0, 0.1) is 0 Å². The minimum Gasteiger partial charge on any atom is -0.465 e. The van der Waals surface area contributed by atoms with E-state index in [1.54, 1.807) is 14.0 Å². The van der Waals surface area contributed by atoms with Crippen LogP contribution in [0.5, 0.6) is 0 Å². The van der Waals surface area contributed by atoms with Crippen molar-refractivity contribution < 1.29 is 31.1 Å². The van der Waals surface area contributed by atoms with E-state index >= 15 is 0 Å². The molecule has 11 heteroatoms. The number of methoxy groups -OCH3 is 1. The van der Waals surface area contributed by atoms with Crippen molar-refractivity contribution in [2.24, 2.45) is 0 Å². The fourth-order valence-electron chi connectivity index (χ4n) is 1.61. The number of esters is 1. The third-order valence-electron chi connectivity index (χ3n) is 3.08. The Balaban J connectivity index is 0.00000529. The van der Waals surface area contributed by atoms with Gasteiger partial charge in [-0.05, 0) is 32.2 Å². The number of likely N-dealkylation sites (N-methyl/N-ethyl adjacent to an activating group) is 1. The fraction of sp³-hybridized carbons (Fsp3) is 0.462. The molecule has 1 rings (SSSR count). The van der Waals surface area contributed by atoms with E-state index in [9.17, 15) is 26.4 Å². The first-order valence-corrected chi connectivity index (χ1v) is 7.97. The number of ether oxygens (including phenoxy) is 1.